The number of nitrogens with one attached hydrogen (secondary N) is 1. The molecule has 0 bridgehead atoms. The molecule has 4 nitrogen and oxygen atoms in total. The van der Waals surface area contributed by atoms with E-state index < -0.39 is 0 Å². The molecule has 0 spiro atoms. The molecule has 5 heteroatoms. The van der Waals surface area contributed by atoms with E-state index in [0.29, 0.717) is 11.8 Å². The van der Waals surface area contributed by atoms with Gasteiger partial charge in [0.1, 0.15) is 0 Å². The van der Waals surface area contributed by atoms with Crippen LogP contribution in [0.4, 0.5) is 0 Å². The van der Waals surface area contributed by atoms with Crippen LogP contribution >= 0.6 is 12.4 Å². The fraction of sp³-hybridized carbons (Fsp3) is 0.917. The van der Waals surface area contributed by atoms with Gasteiger partial charge in [-0.2, -0.15) is 0 Å². The van der Waals surface area contributed by atoms with E-state index in [1.807, 2.05) is 11.8 Å². The molecule has 2 aliphatic heterocycles. The lowest BCUT2D eigenvalue weighted by Gasteiger charge is -2.37. The van der Waals surface area contributed by atoms with Crippen LogP contribution in [0.2, 0.25) is 0 Å². The average Bonchev–Trinajstić information content (AvgIpc) is 2.24. The normalized spacial score (nSPS) is 25.0. The van der Waals surface area contributed by atoms with Crippen LogP contribution in [0, 0.1) is 11.8 Å². The first kappa shape index (κ1) is 14.7. The van der Waals surface area contributed by atoms with Crippen molar-refractivity contribution in [1.82, 2.24) is 10.2 Å². The third kappa shape index (κ3) is 3.83. The highest BCUT2D eigenvalue weighted by molar-refractivity contribution is 5.85. The van der Waals surface area contributed by atoms with Crippen LogP contribution in [-0.4, -0.2) is 50.2 Å². The van der Waals surface area contributed by atoms with Gasteiger partial charge in [0.2, 0.25) is 5.91 Å². The van der Waals surface area contributed by atoms with Gasteiger partial charge in [-0.05, 0) is 25.7 Å². The number of hydrogen-bond donors (Lipinski definition) is 1. The van der Waals surface area contributed by atoms with Gasteiger partial charge in [0.25, 0.3) is 0 Å². The molecular weight excluding hydrogens is 240 g/mol. The molecule has 2 aliphatic rings. The van der Waals surface area contributed by atoms with Gasteiger partial charge in [-0.3, -0.25) is 4.79 Å². The first-order valence-corrected chi connectivity index (χ1v) is 6.38. The zero-order chi connectivity index (χ0) is 11.4. The number of carbonyl (C=O) groups is 1. The molecule has 1 atom stereocenters. The third-order valence-corrected chi connectivity index (χ3v) is 3.52. The number of ether oxygens (including phenoxy) is 1. The second kappa shape index (κ2) is 7.19. The molecule has 2 heterocycles. The summed E-state index contributed by atoms with van der Waals surface area (Å²) >= 11 is 0. The van der Waals surface area contributed by atoms with E-state index >= 15 is 0 Å². The van der Waals surface area contributed by atoms with Crippen molar-refractivity contribution in [3.63, 3.8) is 0 Å². The van der Waals surface area contributed by atoms with Gasteiger partial charge in [0, 0.05) is 32.8 Å². The molecule has 1 unspecified atom stereocenters. The fourth-order valence-electron chi connectivity index (χ4n) is 2.41. The Morgan fingerprint density at radius 3 is 2.82 bits per heavy atom. The summed E-state index contributed by atoms with van der Waals surface area (Å²) < 4.78 is 5.45. The number of piperidine rings is 1. The second-order valence-corrected chi connectivity index (χ2v) is 4.81. The monoisotopic (exact) mass is 262 g/mol. The fourth-order valence-corrected chi connectivity index (χ4v) is 2.41. The van der Waals surface area contributed by atoms with Crippen LogP contribution in [0.25, 0.3) is 0 Å². The van der Waals surface area contributed by atoms with Gasteiger partial charge >= 0.3 is 0 Å². The van der Waals surface area contributed by atoms with Crippen molar-refractivity contribution < 1.29 is 9.53 Å². The number of carbonyl (C=O) groups excluding carboxylic acids is 1. The molecule has 2 fully saturated rings. The van der Waals surface area contributed by atoms with Crippen molar-refractivity contribution in [2.24, 2.45) is 11.8 Å². The van der Waals surface area contributed by atoms with Crippen molar-refractivity contribution in [1.29, 1.82) is 0 Å². The Bertz CT molecular complexity index is 247. The van der Waals surface area contributed by atoms with E-state index in [1.165, 1.54) is 6.42 Å². The van der Waals surface area contributed by atoms with E-state index in [4.69, 9.17) is 4.74 Å². The van der Waals surface area contributed by atoms with Crippen molar-refractivity contribution >= 4 is 18.3 Å². The van der Waals surface area contributed by atoms with Gasteiger partial charge in [0.05, 0.1) is 12.5 Å². The lowest BCUT2D eigenvalue weighted by atomic mass is 9.95. The van der Waals surface area contributed by atoms with Crippen LogP contribution in [-0.2, 0) is 9.53 Å². The maximum atomic E-state index is 12.0. The highest BCUT2D eigenvalue weighted by Gasteiger charge is 2.31. The smallest absolute Gasteiger partial charge is 0.228 e. The number of rotatable bonds is 4. The number of amides is 1. The van der Waals surface area contributed by atoms with Crippen LogP contribution in [0.1, 0.15) is 19.8 Å². The number of hydrogen-bond acceptors (Lipinski definition) is 3. The standard InChI is InChI=1S/C12H22N2O2.ClH/c1-2-16-9-10-4-3-5-14(8-10)12(15)11-6-13-7-11;/h10-11,13H,2-9H2,1H3;1H. The van der Waals surface area contributed by atoms with Crippen LogP contribution in [0.5, 0.6) is 0 Å². The molecule has 0 aromatic rings. The molecule has 100 valence electrons. The first-order chi connectivity index (χ1) is 7.81. The SMILES string of the molecule is CCOCC1CCCN(C(=O)C2CNC2)C1.Cl. The van der Waals surface area contributed by atoms with Crippen molar-refractivity contribution in [3.05, 3.63) is 0 Å². The van der Waals surface area contributed by atoms with E-state index in [-0.39, 0.29) is 18.3 Å². The predicted octanol–water partition coefficient (Wildman–Crippen LogP) is 0.903. The van der Waals surface area contributed by atoms with Crippen LogP contribution in [0.3, 0.4) is 0 Å². The summed E-state index contributed by atoms with van der Waals surface area (Å²) in [5.74, 6) is 1.14. The molecule has 0 aromatic heterocycles. The minimum atomic E-state index is 0. The van der Waals surface area contributed by atoms with Crippen molar-refractivity contribution in [3.8, 4) is 0 Å². The Morgan fingerprint density at radius 2 is 2.24 bits per heavy atom. The molecule has 0 aliphatic carbocycles. The topological polar surface area (TPSA) is 41.6 Å². The maximum absolute atomic E-state index is 12.0. The Kier molecular flexibility index (Phi) is 6.23. The summed E-state index contributed by atoms with van der Waals surface area (Å²) in [6.07, 6.45) is 2.33. The summed E-state index contributed by atoms with van der Waals surface area (Å²) in [5, 5.41) is 3.15. The molecule has 2 saturated heterocycles. The first-order valence-electron chi connectivity index (χ1n) is 6.38. The van der Waals surface area contributed by atoms with E-state index in [0.717, 1.165) is 45.8 Å². The number of likely N-dealkylation sites (tertiary alicyclic amines) is 1. The van der Waals surface area contributed by atoms with E-state index in [1.54, 1.807) is 0 Å². The summed E-state index contributed by atoms with van der Waals surface area (Å²) in [6, 6.07) is 0. The molecule has 0 radical (unpaired) electrons. The lowest BCUT2D eigenvalue weighted by molar-refractivity contribution is -0.139. The molecular formula is C12H23ClN2O2. The van der Waals surface area contributed by atoms with Crippen molar-refractivity contribution in [2.75, 3.05) is 39.4 Å². The van der Waals surface area contributed by atoms with Gasteiger partial charge < -0.3 is 15.0 Å². The quantitative estimate of drug-likeness (QED) is 0.819. The summed E-state index contributed by atoms with van der Waals surface area (Å²) in [4.78, 5) is 14.1. The van der Waals surface area contributed by atoms with Gasteiger partial charge in [-0.25, -0.2) is 0 Å². The number of halogens is 1. The van der Waals surface area contributed by atoms with E-state index in [9.17, 15) is 4.79 Å². The number of nitrogens with zero attached hydrogens (tertiary/aromatic N) is 1. The van der Waals surface area contributed by atoms with Gasteiger partial charge in [-0.15, -0.1) is 12.4 Å². The Labute approximate surface area is 109 Å². The molecule has 1 amide bonds. The Balaban J connectivity index is 0.00000144. The van der Waals surface area contributed by atoms with Gasteiger partial charge in [0.15, 0.2) is 0 Å². The third-order valence-electron chi connectivity index (χ3n) is 3.52. The molecule has 0 saturated carbocycles. The van der Waals surface area contributed by atoms with E-state index in [2.05, 4.69) is 5.32 Å². The van der Waals surface area contributed by atoms with Gasteiger partial charge in [-0.1, -0.05) is 0 Å². The van der Waals surface area contributed by atoms with Crippen LogP contribution < -0.4 is 5.32 Å². The summed E-state index contributed by atoms with van der Waals surface area (Å²) in [6.45, 7) is 7.18. The maximum Gasteiger partial charge on any atom is 0.228 e. The lowest BCUT2D eigenvalue weighted by Crippen LogP contribution is -2.54. The second-order valence-electron chi connectivity index (χ2n) is 4.81. The summed E-state index contributed by atoms with van der Waals surface area (Å²) in [5.41, 5.74) is 0. The Morgan fingerprint density at radius 1 is 1.47 bits per heavy atom. The summed E-state index contributed by atoms with van der Waals surface area (Å²) in [7, 11) is 0. The zero-order valence-corrected chi connectivity index (χ0v) is 11.3. The molecule has 1 N–H and O–H groups in total. The average molecular weight is 263 g/mol. The largest absolute Gasteiger partial charge is 0.381 e. The molecule has 0 aromatic carbocycles. The molecule has 2 rings (SSSR count). The molecule has 17 heavy (non-hydrogen) atoms. The predicted molar refractivity (Wildman–Crippen MR) is 69.4 cm³/mol. The van der Waals surface area contributed by atoms with Crippen LogP contribution in [0.15, 0.2) is 0 Å². The minimum absolute atomic E-state index is 0. The zero-order valence-electron chi connectivity index (χ0n) is 10.5. The highest BCUT2D eigenvalue weighted by atomic mass is 35.5. The highest BCUT2D eigenvalue weighted by Crippen LogP contribution is 2.19. The minimum Gasteiger partial charge on any atom is -0.381 e. The van der Waals surface area contributed by atoms with Crippen molar-refractivity contribution in [2.45, 2.75) is 19.8 Å². The Hall–Kier alpha value is -0.320.